The van der Waals surface area contributed by atoms with Crippen molar-refractivity contribution >= 4 is 35.1 Å². The molecule has 3 N–H and O–H groups in total. The highest BCUT2D eigenvalue weighted by Crippen LogP contribution is 2.09. The molecular formula is C17H17ClN4O6. The van der Waals surface area contributed by atoms with Crippen molar-refractivity contribution in [3.8, 4) is 0 Å². The summed E-state index contributed by atoms with van der Waals surface area (Å²) in [6.07, 6.45) is 0. The lowest BCUT2D eigenvalue weighted by Gasteiger charge is -2.11. The van der Waals surface area contributed by atoms with E-state index in [1.54, 1.807) is 0 Å². The molecule has 1 heterocycles. The minimum atomic E-state index is -0.893. The van der Waals surface area contributed by atoms with Gasteiger partial charge in [-0.2, -0.15) is 0 Å². The number of rotatable bonds is 6. The van der Waals surface area contributed by atoms with Crippen molar-refractivity contribution in [3.63, 3.8) is 0 Å². The molecule has 148 valence electrons. The lowest BCUT2D eigenvalue weighted by atomic mass is 10.2. The molecule has 11 heteroatoms. The molecule has 0 aliphatic heterocycles. The molecule has 0 radical (unpaired) electrons. The van der Waals surface area contributed by atoms with E-state index in [1.807, 2.05) is 0 Å². The first kappa shape index (κ1) is 20.9. The van der Waals surface area contributed by atoms with Crippen molar-refractivity contribution in [3.05, 3.63) is 61.3 Å². The molecule has 1 aromatic carbocycles. The smallest absolute Gasteiger partial charge is 0.332 e. The minimum Gasteiger partial charge on any atom is -0.456 e. The van der Waals surface area contributed by atoms with Crippen molar-refractivity contribution in [2.24, 2.45) is 14.1 Å². The summed E-state index contributed by atoms with van der Waals surface area (Å²) in [7, 11) is 2.49. The number of nitrogens with two attached hydrogens (primary N) is 1. The van der Waals surface area contributed by atoms with Crippen LogP contribution in [0.1, 0.15) is 20.7 Å². The fourth-order valence-electron chi connectivity index (χ4n) is 2.25. The lowest BCUT2D eigenvalue weighted by Crippen LogP contribution is -2.42. The number of benzene rings is 1. The molecule has 2 rings (SSSR count). The molecule has 0 saturated carbocycles. The largest absolute Gasteiger partial charge is 0.456 e. The van der Waals surface area contributed by atoms with Crippen LogP contribution in [0.25, 0.3) is 0 Å². The van der Waals surface area contributed by atoms with Crippen LogP contribution in [0.15, 0.2) is 33.9 Å². The van der Waals surface area contributed by atoms with Crippen LogP contribution in [0.3, 0.4) is 0 Å². The molecule has 1 aromatic heterocycles. The number of nitrogens with one attached hydrogen (secondary N) is 1. The predicted octanol–water partition coefficient (Wildman–Crippen LogP) is -0.524. The number of amides is 1. The topological polar surface area (TPSA) is 142 Å². The van der Waals surface area contributed by atoms with Gasteiger partial charge in [0.1, 0.15) is 17.9 Å². The van der Waals surface area contributed by atoms with E-state index in [0.29, 0.717) is 5.02 Å². The highest BCUT2D eigenvalue weighted by atomic mass is 35.5. The summed E-state index contributed by atoms with van der Waals surface area (Å²) in [5, 5.41) is 2.78. The number of hydrogen-bond donors (Lipinski definition) is 2. The zero-order valence-electron chi connectivity index (χ0n) is 15.0. The van der Waals surface area contributed by atoms with Crippen molar-refractivity contribution in [2.45, 2.75) is 0 Å². The Morgan fingerprint density at radius 3 is 2.32 bits per heavy atom. The summed E-state index contributed by atoms with van der Waals surface area (Å²) in [6.45, 7) is -1.26. The van der Waals surface area contributed by atoms with Gasteiger partial charge in [-0.25, -0.2) is 4.79 Å². The van der Waals surface area contributed by atoms with E-state index in [4.69, 9.17) is 22.1 Å². The summed E-state index contributed by atoms with van der Waals surface area (Å²) < 4.78 is 6.42. The van der Waals surface area contributed by atoms with E-state index in [1.165, 1.54) is 38.4 Å². The Balaban J connectivity index is 1.97. The van der Waals surface area contributed by atoms with E-state index in [0.717, 1.165) is 9.13 Å². The van der Waals surface area contributed by atoms with Gasteiger partial charge in [0, 0.05) is 24.7 Å². The molecule has 10 nitrogen and oxygen atoms in total. The number of carbonyl (C=O) groups excluding carboxylic acids is 3. The predicted molar refractivity (Wildman–Crippen MR) is 100 cm³/mol. The first-order valence-electron chi connectivity index (χ1n) is 7.91. The molecule has 0 aliphatic rings. The number of hydrogen-bond acceptors (Lipinski definition) is 7. The Kier molecular flexibility index (Phi) is 6.37. The van der Waals surface area contributed by atoms with E-state index in [-0.39, 0.29) is 11.4 Å². The summed E-state index contributed by atoms with van der Waals surface area (Å²) >= 11 is 5.73. The van der Waals surface area contributed by atoms with Crippen LogP contribution in [-0.4, -0.2) is 39.9 Å². The second kappa shape index (κ2) is 8.53. The molecule has 0 fully saturated rings. The third kappa shape index (κ3) is 4.46. The van der Waals surface area contributed by atoms with Crippen LogP contribution in [0.5, 0.6) is 0 Å². The monoisotopic (exact) mass is 408 g/mol. The fraction of sp³-hybridized carbons (Fsp3) is 0.235. The average molecular weight is 409 g/mol. The number of carbonyl (C=O) groups is 3. The molecule has 0 aliphatic carbocycles. The summed E-state index contributed by atoms with van der Waals surface area (Å²) in [6, 6.07) is 5.99. The van der Waals surface area contributed by atoms with E-state index < -0.39 is 47.6 Å². The number of nitrogen functional groups attached to an aromatic ring is 1. The van der Waals surface area contributed by atoms with Gasteiger partial charge < -0.3 is 15.8 Å². The zero-order chi connectivity index (χ0) is 21.0. The van der Waals surface area contributed by atoms with Crippen LogP contribution in [0.2, 0.25) is 5.02 Å². The first-order chi connectivity index (χ1) is 13.1. The van der Waals surface area contributed by atoms with Crippen LogP contribution >= 0.6 is 11.6 Å². The number of halogens is 1. The van der Waals surface area contributed by atoms with Gasteiger partial charge in [-0.1, -0.05) is 11.6 Å². The Morgan fingerprint density at radius 2 is 1.71 bits per heavy atom. The summed E-state index contributed by atoms with van der Waals surface area (Å²) in [5.74, 6) is -2.62. The van der Waals surface area contributed by atoms with Gasteiger partial charge in [-0.3, -0.25) is 28.3 Å². The molecule has 2 aromatic rings. The van der Waals surface area contributed by atoms with E-state index in [9.17, 15) is 24.0 Å². The maximum absolute atomic E-state index is 12.2. The second-order valence-electron chi connectivity index (χ2n) is 5.74. The minimum absolute atomic E-state index is 0.287. The van der Waals surface area contributed by atoms with Gasteiger partial charge in [0.15, 0.2) is 6.61 Å². The van der Waals surface area contributed by atoms with E-state index in [2.05, 4.69) is 5.32 Å². The normalized spacial score (nSPS) is 10.4. The van der Waals surface area contributed by atoms with Gasteiger partial charge >= 0.3 is 11.7 Å². The van der Waals surface area contributed by atoms with Gasteiger partial charge in [-0.15, -0.1) is 0 Å². The van der Waals surface area contributed by atoms with Crippen molar-refractivity contribution in [1.82, 2.24) is 14.5 Å². The second-order valence-corrected chi connectivity index (χ2v) is 6.18. The Morgan fingerprint density at radius 1 is 1.11 bits per heavy atom. The van der Waals surface area contributed by atoms with Gasteiger partial charge in [-0.05, 0) is 24.3 Å². The van der Waals surface area contributed by atoms with Crippen molar-refractivity contribution in [2.75, 3.05) is 18.9 Å². The van der Waals surface area contributed by atoms with Crippen molar-refractivity contribution < 1.29 is 19.1 Å². The molecule has 0 atom stereocenters. The maximum Gasteiger partial charge on any atom is 0.332 e. The molecule has 0 bridgehead atoms. The van der Waals surface area contributed by atoms with Crippen LogP contribution < -0.4 is 22.3 Å². The van der Waals surface area contributed by atoms with Crippen LogP contribution in [0, 0.1) is 0 Å². The SMILES string of the molecule is Cn1c(N)c(C(=O)COC(=O)CNC(=O)c2ccc(Cl)cc2)c(=O)n(C)c1=O. The van der Waals surface area contributed by atoms with Gasteiger partial charge in [0.25, 0.3) is 11.5 Å². The summed E-state index contributed by atoms with van der Waals surface area (Å²) in [5.41, 5.74) is 3.90. The Labute approximate surface area is 163 Å². The number of aromatic nitrogens is 2. The van der Waals surface area contributed by atoms with E-state index >= 15 is 0 Å². The Bertz CT molecular complexity index is 1060. The molecule has 0 spiro atoms. The number of Topliss-reactive ketones (excluding diaryl/α,β-unsaturated/α-hetero) is 1. The Hall–Kier alpha value is -3.40. The molecule has 1 amide bonds. The maximum atomic E-state index is 12.2. The van der Waals surface area contributed by atoms with Gasteiger partial charge in [0.05, 0.1) is 0 Å². The zero-order valence-corrected chi connectivity index (χ0v) is 15.8. The highest BCUT2D eigenvalue weighted by molar-refractivity contribution is 6.30. The quantitative estimate of drug-likeness (QED) is 0.483. The third-order valence-corrected chi connectivity index (χ3v) is 4.10. The first-order valence-corrected chi connectivity index (χ1v) is 8.29. The molecular weight excluding hydrogens is 392 g/mol. The van der Waals surface area contributed by atoms with Crippen LogP contribution in [-0.2, 0) is 23.6 Å². The molecule has 28 heavy (non-hydrogen) atoms. The average Bonchev–Trinajstić information content (AvgIpc) is 2.68. The standard InChI is InChI=1S/C17H17ClN4O6/c1-21-14(19)13(16(26)22(2)17(21)27)11(23)8-28-12(24)7-20-15(25)9-3-5-10(18)6-4-9/h3-6H,7-8,19H2,1-2H3,(H,20,25). The van der Waals surface area contributed by atoms with Crippen molar-refractivity contribution in [1.29, 1.82) is 0 Å². The number of nitrogens with zero attached hydrogens (tertiary/aromatic N) is 2. The third-order valence-electron chi connectivity index (χ3n) is 3.85. The lowest BCUT2D eigenvalue weighted by molar-refractivity contribution is -0.141. The number of esters is 1. The van der Waals surface area contributed by atoms with Gasteiger partial charge in [0.2, 0.25) is 5.78 Å². The molecule has 0 saturated heterocycles. The highest BCUT2D eigenvalue weighted by Gasteiger charge is 2.21. The fourth-order valence-corrected chi connectivity index (χ4v) is 2.37. The summed E-state index contributed by atoms with van der Waals surface area (Å²) in [4.78, 5) is 59.7. The number of ether oxygens (including phenoxy) is 1. The molecule has 0 unspecified atom stereocenters. The number of ketones is 1. The number of anilines is 1. The van der Waals surface area contributed by atoms with Crippen LogP contribution in [0.4, 0.5) is 5.82 Å².